The van der Waals surface area contributed by atoms with Crippen molar-refractivity contribution in [3.05, 3.63) is 18.2 Å². The molecule has 0 aliphatic carbocycles. The summed E-state index contributed by atoms with van der Waals surface area (Å²) >= 11 is 5.43. The van der Waals surface area contributed by atoms with E-state index in [2.05, 4.69) is 14.7 Å². The van der Waals surface area contributed by atoms with Gasteiger partial charge in [0.2, 0.25) is 10.0 Å². The lowest BCUT2D eigenvalue weighted by atomic mass is 10.3. The van der Waals surface area contributed by atoms with Crippen molar-refractivity contribution >= 4 is 21.6 Å². The van der Waals surface area contributed by atoms with Crippen molar-refractivity contribution in [1.29, 1.82) is 0 Å². The summed E-state index contributed by atoms with van der Waals surface area (Å²) < 4.78 is 25.2. The maximum Gasteiger partial charge on any atom is 0.211 e. The average molecular weight is 266 g/mol. The van der Waals surface area contributed by atoms with Gasteiger partial charge in [0, 0.05) is 31.2 Å². The number of imidazole rings is 1. The number of aromatic nitrogens is 2. The minimum absolute atomic E-state index is 0.0945. The number of aryl methyl sites for hydroxylation is 1. The second-order valence-corrected chi connectivity index (χ2v) is 5.70. The summed E-state index contributed by atoms with van der Waals surface area (Å²) in [4.78, 5) is 7.01. The third kappa shape index (κ3) is 5.48. The molecular formula is C9H16ClN3O2S. The van der Waals surface area contributed by atoms with Gasteiger partial charge in [0.05, 0.1) is 5.75 Å². The molecule has 0 amide bonds. The zero-order valence-corrected chi connectivity index (χ0v) is 10.5. The second-order valence-electron chi connectivity index (χ2n) is 3.40. The molecule has 0 saturated carbocycles. The van der Waals surface area contributed by atoms with E-state index in [9.17, 15) is 8.42 Å². The number of H-pyrrole nitrogens is 1. The van der Waals surface area contributed by atoms with Crippen molar-refractivity contribution in [2.24, 2.45) is 0 Å². The summed E-state index contributed by atoms with van der Waals surface area (Å²) in [7, 11) is -3.15. The van der Waals surface area contributed by atoms with Gasteiger partial charge in [-0.15, -0.1) is 11.6 Å². The lowest BCUT2D eigenvalue weighted by Crippen LogP contribution is -2.27. The van der Waals surface area contributed by atoms with Gasteiger partial charge in [-0.1, -0.05) is 0 Å². The molecule has 0 atom stereocenters. The summed E-state index contributed by atoms with van der Waals surface area (Å²) in [6, 6.07) is 0. The first-order chi connectivity index (χ1) is 7.64. The Bertz CT molecular complexity index is 377. The highest BCUT2D eigenvalue weighted by molar-refractivity contribution is 7.89. The lowest BCUT2D eigenvalue weighted by Gasteiger charge is -2.04. The first kappa shape index (κ1) is 13.5. The lowest BCUT2D eigenvalue weighted by molar-refractivity contribution is 0.577. The van der Waals surface area contributed by atoms with Crippen LogP contribution in [0, 0.1) is 0 Å². The maximum absolute atomic E-state index is 11.4. The van der Waals surface area contributed by atoms with Crippen molar-refractivity contribution < 1.29 is 8.42 Å². The molecule has 7 heteroatoms. The summed E-state index contributed by atoms with van der Waals surface area (Å²) in [6.45, 7) is 0.436. The smallest absolute Gasteiger partial charge is 0.211 e. The molecule has 0 fully saturated rings. The number of aromatic amines is 1. The largest absolute Gasteiger partial charge is 0.349 e. The molecule has 5 nitrogen and oxygen atoms in total. The predicted molar refractivity (Wildman–Crippen MR) is 64.0 cm³/mol. The Morgan fingerprint density at radius 3 is 2.88 bits per heavy atom. The Labute approximate surface area is 101 Å². The fraction of sp³-hybridized carbons (Fsp3) is 0.667. The van der Waals surface area contributed by atoms with Gasteiger partial charge in [0.25, 0.3) is 0 Å². The summed E-state index contributed by atoms with van der Waals surface area (Å²) in [6.07, 6.45) is 5.38. The van der Waals surface area contributed by atoms with Gasteiger partial charge in [-0.05, 0) is 12.8 Å². The van der Waals surface area contributed by atoms with Crippen LogP contribution >= 0.6 is 11.6 Å². The third-order valence-electron chi connectivity index (χ3n) is 2.01. The number of halogens is 1. The fourth-order valence-electron chi connectivity index (χ4n) is 1.23. The van der Waals surface area contributed by atoms with Crippen LogP contribution in [0.4, 0.5) is 0 Å². The molecule has 92 valence electrons. The van der Waals surface area contributed by atoms with Crippen LogP contribution in [0.3, 0.4) is 0 Å². The van der Waals surface area contributed by atoms with Gasteiger partial charge < -0.3 is 4.98 Å². The SMILES string of the molecule is O=S(=O)(CCCCl)NCCCc1ncc[nH]1. The van der Waals surface area contributed by atoms with Gasteiger partial charge in [-0.2, -0.15) is 0 Å². The predicted octanol–water partition coefficient (Wildman–Crippen LogP) is 0.891. The topological polar surface area (TPSA) is 74.8 Å². The molecule has 1 rings (SSSR count). The molecule has 0 bridgehead atoms. The van der Waals surface area contributed by atoms with E-state index in [4.69, 9.17) is 11.6 Å². The Kier molecular flexibility index (Phi) is 5.79. The third-order valence-corrected chi connectivity index (χ3v) is 3.75. The van der Waals surface area contributed by atoms with Gasteiger partial charge in [-0.3, -0.25) is 0 Å². The highest BCUT2D eigenvalue weighted by Crippen LogP contribution is 1.96. The number of sulfonamides is 1. The van der Waals surface area contributed by atoms with E-state index in [1.807, 2.05) is 0 Å². The zero-order valence-electron chi connectivity index (χ0n) is 8.95. The van der Waals surface area contributed by atoms with E-state index in [-0.39, 0.29) is 5.75 Å². The molecule has 0 aliphatic heterocycles. The monoisotopic (exact) mass is 265 g/mol. The van der Waals surface area contributed by atoms with Crippen LogP contribution in [0.2, 0.25) is 0 Å². The molecule has 1 aromatic heterocycles. The van der Waals surface area contributed by atoms with Crippen molar-refractivity contribution in [3.63, 3.8) is 0 Å². The minimum Gasteiger partial charge on any atom is -0.349 e. The van der Waals surface area contributed by atoms with Crippen LogP contribution in [-0.4, -0.2) is 36.6 Å². The summed E-state index contributed by atoms with van der Waals surface area (Å²) in [5.74, 6) is 1.34. The number of nitrogens with one attached hydrogen (secondary N) is 2. The average Bonchev–Trinajstić information content (AvgIpc) is 2.75. The van der Waals surface area contributed by atoms with Gasteiger partial charge in [0.15, 0.2) is 0 Å². The second kappa shape index (κ2) is 6.88. The standard InChI is InChI=1S/C9H16ClN3O2S/c10-4-2-8-16(14,15)13-5-1-3-9-11-6-7-12-9/h6-7,13H,1-5,8H2,(H,11,12). The van der Waals surface area contributed by atoms with Crippen molar-refractivity contribution in [1.82, 2.24) is 14.7 Å². The summed E-state index contributed by atoms with van der Waals surface area (Å²) in [5.41, 5.74) is 0. The number of rotatable bonds is 8. The van der Waals surface area contributed by atoms with E-state index in [0.717, 1.165) is 18.7 Å². The number of alkyl halides is 1. The van der Waals surface area contributed by atoms with E-state index in [1.165, 1.54) is 0 Å². The highest BCUT2D eigenvalue weighted by atomic mass is 35.5. The van der Waals surface area contributed by atoms with E-state index in [0.29, 0.717) is 18.8 Å². The van der Waals surface area contributed by atoms with Crippen LogP contribution in [0.5, 0.6) is 0 Å². The molecule has 1 aromatic rings. The molecule has 0 unspecified atom stereocenters. The van der Waals surface area contributed by atoms with Crippen molar-refractivity contribution in [2.45, 2.75) is 19.3 Å². The van der Waals surface area contributed by atoms with E-state index in [1.54, 1.807) is 12.4 Å². The zero-order chi connectivity index (χ0) is 11.9. The van der Waals surface area contributed by atoms with Crippen LogP contribution in [0.1, 0.15) is 18.7 Å². The maximum atomic E-state index is 11.4. The van der Waals surface area contributed by atoms with Gasteiger partial charge >= 0.3 is 0 Å². The van der Waals surface area contributed by atoms with Gasteiger partial charge in [-0.25, -0.2) is 18.1 Å². The molecular weight excluding hydrogens is 250 g/mol. The first-order valence-corrected chi connectivity index (χ1v) is 7.34. The molecule has 0 saturated heterocycles. The van der Waals surface area contributed by atoms with Crippen LogP contribution in [-0.2, 0) is 16.4 Å². The van der Waals surface area contributed by atoms with E-state index < -0.39 is 10.0 Å². The van der Waals surface area contributed by atoms with E-state index >= 15 is 0 Å². The van der Waals surface area contributed by atoms with Crippen molar-refractivity contribution in [3.8, 4) is 0 Å². The molecule has 0 aromatic carbocycles. The Morgan fingerprint density at radius 2 is 2.25 bits per heavy atom. The highest BCUT2D eigenvalue weighted by Gasteiger charge is 2.08. The normalized spacial score (nSPS) is 11.8. The first-order valence-electron chi connectivity index (χ1n) is 5.15. The number of nitrogens with zero attached hydrogens (tertiary/aromatic N) is 1. The molecule has 0 radical (unpaired) electrons. The minimum atomic E-state index is -3.15. The Morgan fingerprint density at radius 1 is 1.44 bits per heavy atom. The van der Waals surface area contributed by atoms with Crippen molar-refractivity contribution in [2.75, 3.05) is 18.2 Å². The molecule has 2 N–H and O–H groups in total. The quantitative estimate of drug-likeness (QED) is 0.542. The summed E-state index contributed by atoms with van der Waals surface area (Å²) in [5, 5.41) is 0. The Hall–Kier alpha value is -0.590. The molecule has 0 spiro atoms. The van der Waals surface area contributed by atoms with Crippen LogP contribution < -0.4 is 4.72 Å². The van der Waals surface area contributed by atoms with Crippen LogP contribution in [0.25, 0.3) is 0 Å². The fourth-order valence-corrected chi connectivity index (χ4v) is 2.65. The van der Waals surface area contributed by atoms with Gasteiger partial charge in [0.1, 0.15) is 5.82 Å². The van der Waals surface area contributed by atoms with Crippen LogP contribution in [0.15, 0.2) is 12.4 Å². The Balaban J connectivity index is 2.15. The number of hydrogen-bond acceptors (Lipinski definition) is 3. The number of hydrogen-bond donors (Lipinski definition) is 2. The molecule has 16 heavy (non-hydrogen) atoms. The molecule has 1 heterocycles. The molecule has 0 aliphatic rings.